The van der Waals surface area contributed by atoms with Crippen molar-refractivity contribution in [1.29, 1.82) is 0 Å². The Morgan fingerprint density at radius 1 is 1.26 bits per heavy atom. The fourth-order valence-electron chi connectivity index (χ4n) is 6.13. The quantitative estimate of drug-likeness (QED) is 0.594. The molecule has 1 saturated heterocycles. The zero-order valence-electron chi connectivity index (χ0n) is 18.8. The Morgan fingerprint density at radius 2 is 1.97 bits per heavy atom. The molecule has 1 aromatic carbocycles. The first-order chi connectivity index (χ1) is 14.7. The van der Waals surface area contributed by atoms with E-state index in [-0.39, 0.29) is 34.5 Å². The minimum Gasteiger partial charge on any atom is -0.469 e. The van der Waals surface area contributed by atoms with Crippen molar-refractivity contribution in [3.8, 4) is 0 Å². The van der Waals surface area contributed by atoms with Crippen LogP contribution in [0.15, 0.2) is 30.3 Å². The summed E-state index contributed by atoms with van der Waals surface area (Å²) in [5, 5.41) is 3.51. The Bertz CT molecular complexity index is 874. The molecule has 2 saturated carbocycles. The van der Waals surface area contributed by atoms with E-state index in [1.165, 1.54) is 7.11 Å². The van der Waals surface area contributed by atoms with E-state index in [0.717, 1.165) is 24.9 Å². The first kappa shape index (κ1) is 22.2. The summed E-state index contributed by atoms with van der Waals surface area (Å²) in [6.07, 6.45) is 3.46. The van der Waals surface area contributed by atoms with Crippen molar-refractivity contribution in [3.05, 3.63) is 30.3 Å². The van der Waals surface area contributed by atoms with Crippen molar-refractivity contribution >= 4 is 35.2 Å². The molecule has 168 valence electrons. The highest BCUT2D eigenvalue weighted by molar-refractivity contribution is 7.99. The second-order valence-corrected chi connectivity index (χ2v) is 11.1. The summed E-state index contributed by atoms with van der Waals surface area (Å²) >= 11 is 1.59. The van der Waals surface area contributed by atoms with E-state index in [0.29, 0.717) is 24.5 Å². The van der Waals surface area contributed by atoms with Crippen LogP contribution in [0, 0.1) is 16.7 Å². The molecule has 3 aliphatic rings. The highest BCUT2D eigenvalue weighted by Crippen LogP contribution is 2.70. The van der Waals surface area contributed by atoms with Crippen LogP contribution in [-0.4, -0.2) is 46.9 Å². The lowest BCUT2D eigenvalue weighted by atomic mass is 9.67. The number of carbonyl (C=O) groups is 3. The van der Waals surface area contributed by atoms with Crippen LogP contribution in [0.2, 0.25) is 0 Å². The highest BCUT2D eigenvalue weighted by atomic mass is 32.2. The van der Waals surface area contributed by atoms with Gasteiger partial charge in [0.2, 0.25) is 5.91 Å². The molecule has 0 unspecified atom stereocenters. The van der Waals surface area contributed by atoms with Crippen LogP contribution in [0.25, 0.3) is 0 Å². The zero-order valence-corrected chi connectivity index (χ0v) is 19.6. The fourth-order valence-corrected chi connectivity index (χ4v) is 7.08. The Kier molecular flexibility index (Phi) is 5.83. The van der Waals surface area contributed by atoms with E-state index >= 15 is 0 Å². The Morgan fingerprint density at radius 3 is 2.61 bits per heavy atom. The number of ether oxygens (including phenoxy) is 1. The van der Waals surface area contributed by atoms with Crippen LogP contribution in [-0.2, 0) is 19.1 Å². The zero-order chi connectivity index (χ0) is 22.4. The van der Waals surface area contributed by atoms with Gasteiger partial charge in [-0.1, -0.05) is 39.0 Å². The molecule has 2 bridgehead atoms. The number of hydrogen-bond donors (Lipinski definition) is 0. The van der Waals surface area contributed by atoms with Crippen molar-refractivity contribution in [2.75, 3.05) is 17.9 Å². The molecular weight excluding hydrogens is 412 g/mol. The summed E-state index contributed by atoms with van der Waals surface area (Å²) < 4.78 is 4.69. The number of nitrogens with zero attached hydrogens (tertiary/aromatic N) is 2. The monoisotopic (exact) mass is 444 g/mol. The maximum absolute atomic E-state index is 13.9. The van der Waals surface area contributed by atoms with Gasteiger partial charge in [-0.3, -0.25) is 14.4 Å². The normalized spacial score (nSPS) is 29.2. The molecule has 4 atom stereocenters. The van der Waals surface area contributed by atoms with E-state index < -0.39 is 5.41 Å². The molecule has 3 fully saturated rings. The summed E-state index contributed by atoms with van der Waals surface area (Å²) in [5.41, 5.74) is 0.150. The number of esters is 1. The van der Waals surface area contributed by atoms with Crippen LogP contribution >= 0.6 is 11.8 Å². The number of amides is 2. The largest absolute Gasteiger partial charge is 0.469 e. The fraction of sp³-hybridized carbons (Fsp3) is 0.625. The van der Waals surface area contributed by atoms with Crippen molar-refractivity contribution in [2.45, 2.75) is 64.2 Å². The van der Waals surface area contributed by atoms with Gasteiger partial charge >= 0.3 is 5.97 Å². The van der Waals surface area contributed by atoms with Gasteiger partial charge < -0.3 is 4.74 Å². The molecule has 1 aromatic rings. The minimum atomic E-state index is -0.496. The molecule has 0 aromatic heterocycles. The molecule has 31 heavy (non-hydrogen) atoms. The molecule has 1 heterocycles. The van der Waals surface area contributed by atoms with E-state index in [1.807, 2.05) is 37.3 Å². The van der Waals surface area contributed by atoms with E-state index in [1.54, 1.807) is 21.8 Å². The number of benzene rings is 1. The third-order valence-electron chi connectivity index (χ3n) is 7.87. The van der Waals surface area contributed by atoms with Gasteiger partial charge in [-0.05, 0) is 42.7 Å². The van der Waals surface area contributed by atoms with E-state index in [9.17, 15) is 14.4 Å². The van der Waals surface area contributed by atoms with Crippen molar-refractivity contribution in [1.82, 2.24) is 5.01 Å². The minimum absolute atomic E-state index is 0.0134. The molecule has 2 aliphatic carbocycles. The van der Waals surface area contributed by atoms with Gasteiger partial charge in [-0.2, -0.15) is 11.8 Å². The second kappa shape index (κ2) is 8.15. The lowest BCUT2D eigenvalue weighted by Gasteiger charge is -2.35. The molecule has 4 rings (SSSR count). The maximum Gasteiger partial charge on any atom is 0.306 e. The molecule has 0 radical (unpaired) electrons. The van der Waals surface area contributed by atoms with Gasteiger partial charge in [0, 0.05) is 17.4 Å². The average molecular weight is 445 g/mol. The molecule has 0 N–H and O–H groups in total. The number of anilines is 1. The number of carbonyl (C=O) groups excluding carboxylic acids is 3. The predicted molar refractivity (Wildman–Crippen MR) is 121 cm³/mol. The summed E-state index contributed by atoms with van der Waals surface area (Å²) in [5.74, 6) is 0.915. The summed E-state index contributed by atoms with van der Waals surface area (Å²) in [4.78, 5) is 38.9. The Labute approximate surface area is 188 Å². The standard InChI is InChI=1S/C24H32N2O4S/c1-16(31-13-11-21(28)30-4)14-20(27)26-19-15-17-10-12-24(19,23(17,2)3)22(29)25(26)18-8-6-5-7-9-18/h5-9,16-17,19H,10-15H2,1-4H3/t16-,17-,19-,24+/m1/s1. The number of hydrazine groups is 1. The third-order valence-corrected chi connectivity index (χ3v) is 9.05. The molecule has 6 nitrogen and oxygen atoms in total. The molecule has 7 heteroatoms. The average Bonchev–Trinajstić information content (AvgIpc) is 3.26. The third kappa shape index (κ3) is 3.36. The van der Waals surface area contributed by atoms with Crippen LogP contribution in [0.4, 0.5) is 5.69 Å². The number of fused-ring (bicyclic) bond motifs is 1. The van der Waals surface area contributed by atoms with Gasteiger partial charge in [-0.15, -0.1) is 0 Å². The summed E-state index contributed by atoms with van der Waals surface area (Å²) in [6.45, 7) is 6.43. The Balaban J connectivity index is 1.58. The van der Waals surface area contributed by atoms with Gasteiger partial charge in [0.1, 0.15) is 0 Å². The Hall–Kier alpha value is -2.02. The van der Waals surface area contributed by atoms with Crippen LogP contribution in [0.1, 0.15) is 52.9 Å². The van der Waals surface area contributed by atoms with E-state index in [2.05, 4.69) is 13.8 Å². The smallest absolute Gasteiger partial charge is 0.306 e. The highest BCUT2D eigenvalue weighted by Gasteiger charge is 2.75. The van der Waals surface area contributed by atoms with Gasteiger partial charge in [0.25, 0.3) is 5.91 Å². The van der Waals surface area contributed by atoms with Crippen molar-refractivity contribution in [2.24, 2.45) is 16.7 Å². The topological polar surface area (TPSA) is 66.9 Å². The van der Waals surface area contributed by atoms with Gasteiger partial charge in [0.05, 0.1) is 30.7 Å². The number of rotatable bonds is 7. The molecule has 2 amide bonds. The SMILES string of the molecule is COC(=O)CCS[C@H](C)CC(=O)N1[C@@H]2C[C@H]3CC[C@]2(C(=O)N1c1ccccc1)C3(C)C. The first-order valence-electron chi connectivity index (χ1n) is 11.1. The first-order valence-corrected chi connectivity index (χ1v) is 12.2. The van der Waals surface area contributed by atoms with E-state index in [4.69, 9.17) is 4.74 Å². The second-order valence-electron chi connectivity index (χ2n) is 9.58. The van der Waals surface area contributed by atoms with Crippen LogP contribution in [0.3, 0.4) is 0 Å². The molecule has 1 aliphatic heterocycles. The lowest BCUT2D eigenvalue weighted by molar-refractivity contribution is -0.140. The van der Waals surface area contributed by atoms with Crippen LogP contribution in [0.5, 0.6) is 0 Å². The van der Waals surface area contributed by atoms with Crippen LogP contribution < -0.4 is 5.01 Å². The predicted octanol–water partition coefficient (Wildman–Crippen LogP) is 4.05. The lowest BCUT2D eigenvalue weighted by Crippen LogP contribution is -2.48. The van der Waals surface area contributed by atoms with Crippen molar-refractivity contribution < 1.29 is 19.1 Å². The molecule has 1 spiro atoms. The van der Waals surface area contributed by atoms with Gasteiger partial charge in [0.15, 0.2) is 0 Å². The summed E-state index contributed by atoms with van der Waals surface area (Å²) in [6, 6.07) is 9.47. The molecular formula is C24H32N2O4S. The van der Waals surface area contributed by atoms with Crippen molar-refractivity contribution in [3.63, 3.8) is 0 Å². The number of methoxy groups -OCH3 is 1. The summed E-state index contributed by atoms with van der Waals surface area (Å²) in [7, 11) is 1.38. The van der Waals surface area contributed by atoms with Gasteiger partial charge in [-0.25, -0.2) is 10.0 Å². The number of thioether (sulfide) groups is 1. The number of hydrogen-bond acceptors (Lipinski definition) is 5. The number of para-hydroxylation sites is 1. The maximum atomic E-state index is 13.9.